The Kier molecular flexibility index (Phi) is 11.5. The molecule has 16 heteroatoms. The number of aliphatic hydroxyl groups is 1. The van der Waals surface area contributed by atoms with Crippen molar-refractivity contribution < 1.29 is 36.9 Å². The van der Waals surface area contributed by atoms with Gasteiger partial charge >= 0.3 is 0 Å². The number of piperidine rings is 1. The van der Waals surface area contributed by atoms with E-state index in [-0.39, 0.29) is 47.4 Å². The van der Waals surface area contributed by atoms with Crippen LogP contribution in [0.5, 0.6) is 11.5 Å². The number of likely N-dealkylation sites (tertiary alicyclic amines) is 1. The standard InChI is InChI=1S/C35H52FN7O7S/c1-5-42(6-2)51(46,47)39-27-9-11-35(45,49-19-27)23-40-14-12-34(13-15-40)21-41(22-34)32-31(18-37-24-38-32)50-30-8-7-26(36)17-29(30)33(44)43(25(3)4)28-10-16-48-20-28/h7-8,17-18,24-25,27-28,39,45H,5-6,9-16,19-23H2,1-4H3/t27-,28+,35-/m1/s1. The zero-order chi connectivity index (χ0) is 36.4. The third-order valence-electron chi connectivity index (χ3n) is 10.7. The molecule has 0 radical (unpaired) electrons. The van der Waals surface area contributed by atoms with E-state index < -0.39 is 21.8 Å². The van der Waals surface area contributed by atoms with Gasteiger partial charge in [0.1, 0.15) is 17.9 Å². The molecule has 2 aromatic rings. The van der Waals surface area contributed by atoms with Gasteiger partial charge in [-0.15, -0.1) is 0 Å². The lowest BCUT2D eigenvalue weighted by molar-refractivity contribution is -0.239. The second-order valence-electron chi connectivity index (χ2n) is 14.6. The average Bonchev–Trinajstić information content (AvgIpc) is 3.61. The molecule has 4 aliphatic heterocycles. The van der Waals surface area contributed by atoms with E-state index in [0.717, 1.165) is 45.4 Å². The van der Waals surface area contributed by atoms with Gasteiger partial charge in [0.15, 0.2) is 17.4 Å². The Labute approximate surface area is 300 Å². The number of benzene rings is 1. The topological polar surface area (TPSA) is 150 Å². The van der Waals surface area contributed by atoms with Crippen LogP contribution in [-0.4, -0.2) is 133 Å². The first kappa shape index (κ1) is 37.8. The molecule has 4 aliphatic rings. The summed E-state index contributed by atoms with van der Waals surface area (Å²) in [5.41, 5.74) is 0.221. The lowest BCUT2D eigenvalue weighted by Gasteiger charge is -2.55. The van der Waals surface area contributed by atoms with Gasteiger partial charge in [0.25, 0.3) is 16.1 Å². The quantitative estimate of drug-likeness (QED) is 0.313. The minimum Gasteiger partial charge on any atom is -0.451 e. The molecular weight excluding hydrogens is 681 g/mol. The van der Waals surface area contributed by atoms with Crippen LogP contribution >= 0.6 is 0 Å². The molecule has 1 aromatic carbocycles. The van der Waals surface area contributed by atoms with Crippen LogP contribution in [0, 0.1) is 11.2 Å². The number of carbonyl (C=O) groups is 1. The van der Waals surface area contributed by atoms with Crippen LogP contribution < -0.4 is 14.4 Å². The third kappa shape index (κ3) is 8.47. The maximum Gasteiger partial charge on any atom is 0.279 e. The number of anilines is 1. The van der Waals surface area contributed by atoms with Crippen molar-refractivity contribution in [3.05, 3.63) is 42.1 Å². The second-order valence-corrected chi connectivity index (χ2v) is 16.3. The SMILES string of the molecule is CCN(CC)S(=O)(=O)N[C@@H]1CC[C@](O)(CN2CCC3(CC2)CN(c2ncncc2Oc2ccc(F)cc2C(=O)N(C(C)C)[C@H]2CCOC2)C3)OC1. The summed E-state index contributed by atoms with van der Waals surface area (Å²) in [6.07, 6.45) is 6.46. The van der Waals surface area contributed by atoms with Gasteiger partial charge in [-0.1, -0.05) is 13.8 Å². The number of rotatable bonds is 13. The first-order valence-electron chi connectivity index (χ1n) is 18.1. The van der Waals surface area contributed by atoms with E-state index in [1.807, 2.05) is 13.8 Å². The molecule has 6 rings (SSSR count). The highest BCUT2D eigenvalue weighted by Crippen LogP contribution is 2.45. The van der Waals surface area contributed by atoms with Gasteiger partial charge in [-0.25, -0.2) is 14.4 Å². The Balaban J connectivity index is 1.04. The van der Waals surface area contributed by atoms with Crippen LogP contribution in [0.25, 0.3) is 0 Å². The predicted molar refractivity (Wildman–Crippen MR) is 188 cm³/mol. The molecule has 0 aliphatic carbocycles. The largest absolute Gasteiger partial charge is 0.451 e. The molecule has 14 nitrogen and oxygen atoms in total. The molecule has 4 saturated heterocycles. The summed E-state index contributed by atoms with van der Waals surface area (Å²) in [6, 6.07) is 3.39. The zero-order valence-corrected chi connectivity index (χ0v) is 30.9. The van der Waals surface area contributed by atoms with E-state index in [0.29, 0.717) is 57.3 Å². The lowest BCUT2D eigenvalue weighted by Crippen LogP contribution is -2.62. The van der Waals surface area contributed by atoms with Crippen molar-refractivity contribution in [2.24, 2.45) is 5.41 Å². The molecule has 3 atom stereocenters. The molecule has 51 heavy (non-hydrogen) atoms. The van der Waals surface area contributed by atoms with Crippen LogP contribution in [0.1, 0.15) is 70.2 Å². The number of hydrogen-bond acceptors (Lipinski definition) is 11. The molecule has 5 heterocycles. The van der Waals surface area contributed by atoms with Gasteiger partial charge in [0.05, 0.1) is 37.6 Å². The number of aromatic nitrogens is 2. The third-order valence-corrected chi connectivity index (χ3v) is 12.5. The lowest BCUT2D eigenvalue weighted by atomic mass is 9.72. The monoisotopic (exact) mass is 733 g/mol. The summed E-state index contributed by atoms with van der Waals surface area (Å²) < 4.78 is 61.6. The number of amides is 1. The van der Waals surface area contributed by atoms with Crippen molar-refractivity contribution in [2.75, 3.05) is 70.5 Å². The minimum atomic E-state index is -3.60. The highest BCUT2D eigenvalue weighted by Gasteiger charge is 2.47. The highest BCUT2D eigenvalue weighted by atomic mass is 32.2. The number of halogens is 1. The van der Waals surface area contributed by atoms with E-state index in [9.17, 15) is 22.7 Å². The summed E-state index contributed by atoms with van der Waals surface area (Å²) >= 11 is 0. The normalized spacial score (nSPS) is 25.4. The number of β-amino-alcohol motifs (C(OH)–C–C–N with tert-alkyl or cyclic N) is 1. The zero-order valence-electron chi connectivity index (χ0n) is 30.1. The minimum absolute atomic E-state index is 0.0840. The van der Waals surface area contributed by atoms with E-state index in [2.05, 4.69) is 24.5 Å². The van der Waals surface area contributed by atoms with Crippen LogP contribution in [0.3, 0.4) is 0 Å². The van der Waals surface area contributed by atoms with Gasteiger partial charge in [-0.3, -0.25) is 9.69 Å². The fraction of sp³-hybridized carbons (Fsp3) is 0.686. The van der Waals surface area contributed by atoms with Crippen molar-refractivity contribution in [1.82, 2.24) is 28.8 Å². The number of nitrogens with zero attached hydrogens (tertiary/aromatic N) is 6. The second kappa shape index (κ2) is 15.5. The van der Waals surface area contributed by atoms with Gasteiger partial charge in [-0.05, 0) is 70.8 Å². The highest BCUT2D eigenvalue weighted by molar-refractivity contribution is 7.87. The van der Waals surface area contributed by atoms with Gasteiger partial charge in [0, 0.05) is 56.7 Å². The summed E-state index contributed by atoms with van der Waals surface area (Å²) in [4.78, 5) is 28.7. The van der Waals surface area contributed by atoms with Crippen LogP contribution in [-0.2, 0) is 19.7 Å². The number of ether oxygens (including phenoxy) is 3. The molecule has 2 N–H and O–H groups in total. The number of hydrogen-bond donors (Lipinski definition) is 2. The van der Waals surface area contributed by atoms with Gasteiger partial charge in [0.2, 0.25) is 0 Å². The van der Waals surface area contributed by atoms with Gasteiger partial charge < -0.3 is 29.1 Å². The van der Waals surface area contributed by atoms with E-state index in [1.54, 1.807) is 24.9 Å². The molecule has 0 unspecified atom stereocenters. The molecule has 0 saturated carbocycles. The first-order valence-corrected chi connectivity index (χ1v) is 19.6. The molecular formula is C35H52FN7O7S. The summed E-state index contributed by atoms with van der Waals surface area (Å²) in [6.45, 7) is 12.9. The average molecular weight is 734 g/mol. The molecule has 282 valence electrons. The fourth-order valence-electron chi connectivity index (χ4n) is 7.84. The van der Waals surface area contributed by atoms with Crippen molar-refractivity contribution in [3.63, 3.8) is 0 Å². The van der Waals surface area contributed by atoms with Crippen molar-refractivity contribution >= 4 is 21.9 Å². The van der Waals surface area contributed by atoms with Crippen molar-refractivity contribution in [2.45, 2.75) is 83.7 Å². The molecule has 1 spiro atoms. The number of nitrogens with one attached hydrogen (secondary N) is 1. The smallest absolute Gasteiger partial charge is 0.279 e. The van der Waals surface area contributed by atoms with Crippen LogP contribution in [0.4, 0.5) is 10.2 Å². The van der Waals surface area contributed by atoms with E-state index in [1.165, 1.54) is 28.8 Å². The molecule has 0 bridgehead atoms. The van der Waals surface area contributed by atoms with Crippen molar-refractivity contribution in [3.8, 4) is 11.5 Å². The Morgan fingerprint density at radius 3 is 2.51 bits per heavy atom. The Hall–Kier alpha value is -2.99. The molecule has 4 fully saturated rings. The molecule has 1 amide bonds. The first-order chi connectivity index (χ1) is 24.3. The van der Waals surface area contributed by atoms with E-state index in [4.69, 9.17) is 14.2 Å². The number of carbonyl (C=O) groups excluding carboxylic acids is 1. The van der Waals surface area contributed by atoms with Crippen LogP contribution in [0.2, 0.25) is 0 Å². The summed E-state index contributed by atoms with van der Waals surface area (Å²) in [7, 11) is -3.60. The Bertz CT molecular complexity index is 1620. The van der Waals surface area contributed by atoms with Gasteiger partial charge in [-0.2, -0.15) is 17.4 Å². The molecule has 1 aromatic heterocycles. The van der Waals surface area contributed by atoms with Crippen LogP contribution in [0.15, 0.2) is 30.7 Å². The predicted octanol–water partition coefficient (Wildman–Crippen LogP) is 2.99. The Morgan fingerprint density at radius 2 is 1.88 bits per heavy atom. The Morgan fingerprint density at radius 1 is 1.14 bits per heavy atom. The fourth-order valence-corrected chi connectivity index (χ4v) is 9.28. The maximum atomic E-state index is 14.5. The van der Waals surface area contributed by atoms with Crippen molar-refractivity contribution in [1.29, 1.82) is 0 Å². The summed E-state index contributed by atoms with van der Waals surface area (Å²) in [5.74, 6) is -0.922. The van der Waals surface area contributed by atoms with E-state index >= 15 is 0 Å². The summed E-state index contributed by atoms with van der Waals surface area (Å²) in [5, 5.41) is 11.2. The maximum absolute atomic E-state index is 14.5.